The second-order valence-corrected chi connectivity index (χ2v) is 4.38. The van der Waals surface area contributed by atoms with E-state index >= 15 is 0 Å². The van der Waals surface area contributed by atoms with Gasteiger partial charge >= 0.3 is 0 Å². The summed E-state index contributed by atoms with van der Waals surface area (Å²) in [5.41, 5.74) is -0.342. The van der Waals surface area contributed by atoms with Crippen LogP contribution in [0.5, 0.6) is 0 Å². The molecule has 106 valence electrons. The Bertz CT molecular complexity index is 441. The molecule has 0 aliphatic rings. The molecule has 1 amide bonds. The van der Waals surface area contributed by atoms with Crippen molar-refractivity contribution < 1.29 is 18.7 Å². The Morgan fingerprint density at radius 2 is 1.89 bits per heavy atom. The summed E-state index contributed by atoms with van der Waals surface area (Å²) in [6.45, 7) is 3.45. The minimum absolute atomic E-state index is 0.0730. The van der Waals surface area contributed by atoms with Crippen LogP contribution in [0.15, 0.2) is 12.1 Å². The number of carbonyl (C=O) groups is 1. The van der Waals surface area contributed by atoms with E-state index in [1.807, 2.05) is 0 Å². The molecule has 0 heterocycles. The number of nitrogens with one attached hydrogen (secondary N) is 1. The fraction of sp³-hybridized carbons (Fsp3) is 0.462. The lowest BCUT2D eigenvalue weighted by molar-refractivity contribution is 0.0664. The monoisotopic (exact) mass is 272 g/mol. The molecule has 1 rings (SSSR count). The molecule has 0 atom stereocenters. The molecule has 0 aliphatic heterocycles. The highest BCUT2D eigenvalue weighted by molar-refractivity contribution is 5.94. The number of amides is 1. The molecule has 2 N–H and O–H groups in total. The molecule has 0 unspecified atom stereocenters. The fourth-order valence-electron chi connectivity index (χ4n) is 1.80. The Morgan fingerprint density at radius 1 is 1.37 bits per heavy atom. The Kier molecular flexibility index (Phi) is 5.23. The SMILES string of the molecule is CNc1c(F)cc(C(=O)N(CCO)C(C)C)cc1F. The molecule has 0 aliphatic carbocycles. The van der Waals surface area contributed by atoms with Crippen molar-refractivity contribution in [1.82, 2.24) is 4.90 Å². The highest BCUT2D eigenvalue weighted by Crippen LogP contribution is 2.21. The second kappa shape index (κ2) is 6.47. The molecule has 0 saturated heterocycles. The number of carbonyl (C=O) groups excluding carboxylic acids is 1. The van der Waals surface area contributed by atoms with Gasteiger partial charge in [-0.2, -0.15) is 0 Å². The molecular weight excluding hydrogens is 254 g/mol. The van der Waals surface area contributed by atoms with Gasteiger partial charge in [-0.1, -0.05) is 0 Å². The maximum atomic E-state index is 13.6. The lowest BCUT2D eigenvalue weighted by atomic mass is 10.1. The minimum Gasteiger partial charge on any atom is -0.395 e. The first-order chi connectivity index (χ1) is 8.92. The third-order valence-electron chi connectivity index (χ3n) is 2.76. The molecule has 0 spiro atoms. The lowest BCUT2D eigenvalue weighted by Gasteiger charge is -2.26. The zero-order valence-electron chi connectivity index (χ0n) is 11.2. The lowest BCUT2D eigenvalue weighted by Crippen LogP contribution is -2.39. The van der Waals surface area contributed by atoms with Crippen molar-refractivity contribution in [2.75, 3.05) is 25.5 Å². The predicted molar refractivity (Wildman–Crippen MR) is 69.2 cm³/mol. The smallest absolute Gasteiger partial charge is 0.254 e. The average Bonchev–Trinajstić information content (AvgIpc) is 2.34. The highest BCUT2D eigenvalue weighted by atomic mass is 19.1. The number of aliphatic hydroxyl groups excluding tert-OH is 1. The van der Waals surface area contributed by atoms with Gasteiger partial charge in [0.25, 0.3) is 5.91 Å². The van der Waals surface area contributed by atoms with Crippen molar-refractivity contribution in [2.24, 2.45) is 0 Å². The van der Waals surface area contributed by atoms with Crippen molar-refractivity contribution in [3.8, 4) is 0 Å². The van der Waals surface area contributed by atoms with Gasteiger partial charge in [0.15, 0.2) is 0 Å². The standard InChI is InChI=1S/C13H18F2N2O2/c1-8(2)17(4-5-18)13(19)9-6-10(14)12(16-3)11(15)7-9/h6-8,16,18H,4-5H2,1-3H3. The highest BCUT2D eigenvalue weighted by Gasteiger charge is 2.21. The minimum atomic E-state index is -0.821. The van der Waals surface area contributed by atoms with Crippen molar-refractivity contribution in [3.63, 3.8) is 0 Å². The van der Waals surface area contributed by atoms with Gasteiger partial charge in [0.05, 0.1) is 6.61 Å². The first-order valence-electron chi connectivity index (χ1n) is 6.01. The summed E-state index contributed by atoms with van der Waals surface area (Å²) >= 11 is 0. The first kappa shape index (κ1) is 15.4. The molecule has 0 radical (unpaired) electrons. The van der Waals surface area contributed by atoms with Crippen LogP contribution in [0.2, 0.25) is 0 Å². The molecule has 1 aromatic rings. The largest absolute Gasteiger partial charge is 0.395 e. The van der Waals surface area contributed by atoms with Crippen LogP contribution in [0.1, 0.15) is 24.2 Å². The van der Waals surface area contributed by atoms with Gasteiger partial charge in [-0.15, -0.1) is 0 Å². The number of hydrogen-bond donors (Lipinski definition) is 2. The predicted octanol–water partition coefficient (Wildman–Crippen LogP) is 1.85. The number of rotatable bonds is 5. The normalized spacial score (nSPS) is 10.7. The van der Waals surface area contributed by atoms with E-state index in [0.29, 0.717) is 0 Å². The number of hydrogen-bond acceptors (Lipinski definition) is 3. The maximum absolute atomic E-state index is 13.6. The molecule has 4 nitrogen and oxygen atoms in total. The summed E-state index contributed by atoms with van der Waals surface area (Å²) < 4.78 is 27.2. The number of anilines is 1. The van der Waals surface area contributed by atoms with Gasteiger partial charge in [-0.05, 0) is 26.0 Å². The van der Waals surface area contributed by atoms with E-state index in [1.54, 1.807) is 13.8 Å². The van der Waals surface area contributed by atoms with Crippen LogP contribution in [-0.4, -0.2) is 42.2 Å². The van der Waals surface area contributed by atoms with Gasteiger partial charge in [-0.3, -0.25) is 4.79 Å². The van der Waals surface area contributed by atoms with Crippen LogP contribution in [0.3, 0.4) is 0 Å². The molecule has 1 aromatic carbocycles. The topological polar surface area (TPSA) is 52.6 Å². The van der Waals surface area contributed by atoms with E-state index in [-0.39, 0.29) is 30.4 Å². The Labute approximate surface area is 111 Å². The zero-order chi connectivity index (χ0) is 14.6. The zero-order valence-corrected chi connectivity index (χ0v) is 11.2. The third kappa shape index (κ3) is 3.41. The molecule has 0 fully saturated rings. The summed E-state index contributed by atoms with van der Waals surface area (Å²) in [7, 11) is 1.40. The first-order valence-corrected chi connectivity index (χ1v) is 6.01. The van der Waals surface area contributed by atoms with E-state index in [9.17, 15) is 13.6 Å². The van der Waals surface area contributed by atoms with Crippen LogP contribution >= 0.6 is 0 Å². The number of nitrogens with zero attached hydrogens (tertiary/aromatic N) is 1. The summed E-state index contributed by atoms with van der Waals surface area (Å²) in [4.78, 5) is 13.5. The number of halogens is 2. The molecule has 6 heteroatoms. The molecule has 19 heavy (non-hydrogen) atoms. The maximum Gasteiger partial charge on any atom is 0.254 e. The van der Waals surface area contributed by atoms with Crippen molar-refractivity contribution in [2.45, 2.75) is 19.9 Å². The van der Waals surface area contributed by atoms with Crippen LogP contribution < -0.4 is 5.32 Å². The van der Waals surface area contributed by atoms with E-state index in [0.717, 1.165) is 12.1 Å². The average molecular weight is 272 g/mol. The molecular formula is C13H18F2N2O2. The van der Waals surface area contributed by atoms with Gasteiger partial charge < -0.3 is 15.3 Å². The molecule has 0 bridgehead atoms. The third-order valence-corrected chi connectivity index (χ3v) is 2.76. The van der Waals surface area contributed by atoms with E-state index in [2.05, 4.69) is 5.32 Å². The van der Waals surface area contributed by atoms with Crippen LogP contribution in [0, 0.1) is 11.6 Å². The summed E-state index contributed by atoms with van der Waals surface area (Å²) in [5.74, 6) is -2.15. The van der Waals surface area contributed by atoms with Crippen LogP contribution in [-0.2, 0) is 0 Å². The summed E-state index contributed by atoms with van der Waals surface area (Å²) in [5, 5.41) is 11.3. The second-order valence-electron chi connectivity index (χ2n) is 4.38. The van der Waals surface area contributed by atoms with Gasteiger partial charge in [0.2, 0.25) is 0 Å². The van der Waals surface area contributed by atoms with E-state index in [1.165, 1.54) is 11.9 Å². The molecule has 0 aromatic heterocycles. The summed E-state index contributed by atoms with van der Waals surface area (Å²) in [6.07, 6.45) is 0. The van der Waals surface area contributed by atoms with Gasteiger partial charge in [-0.25, -0.2) is 8.78 Å². The van der Waals surface area contributed by atoms with Crippen LogP contribution in [0.4, 0.5) is 14.5 Å². The van der Waals surface area contributed by atoms with Gasteiger partial charge in [0.1, 0.15) is 17.3 Å². The fourth-order valence-corrected chi connectivity index (χ4v) is 1.80. The quantitative estimate of drug-likeness (QED) is 0.860. The van der Waals surface area contributed by atoms with Crippen molar-refractivity contribution >= 4 is 11.6 Å². The van der Waals surface area contributed by atoms with Gasteiger partial charge in [0, 0.05) is 25.2 Å². The van der Waals surface area contributed by atoms with E-state index < -0.39 is 17.5 Å². The number of benzene rings is 1. The van der Waals surface area contributed by atoms with Crippen molar-refractivity contribution in [3.05, 3.63) is 29.3 Å². The Morgan fingerprint density at radius 3 is 2.26 bits per heavy atom. The van der Waals surface area contributed by atoms with E-state index in [4.69, 9.17) is 5.11 Å². The van der Waals surface area contributed by atoms with Crippen molar-refractivity contribution in [1.29, 1.82) is 0 Å². The summed E-state index contributed by atoms with van der Waals surface area (Å²) in [6, 6.07) is 1.81. The molecule has 0 saturated carbocycles. The number of aliphatic hydroxyl groups is 1. The Balaban J connectivity index is 3.12. The Hall–Kier alpha value is -1.69. The van der Waals surface area contributed by atoms with Crippen LogP contribution in [0.25, 0.3) is 0 Å².